The maximum absolute atomic E-state index is 8.80. The van der Waals surface area contributed by atoms with Crippen LogP contribution >= 0.6 is 11.3 Å². The fourth-order valence-corrected chi connectivity index (χ4v) is 3.87. The highest BCUT2D eigenvalue weighted by Crippen LogP contribution is 2.19. The Hall–Kier alpha value is -1.27. The van der Waals surface area contributed by atoms with E-state index in [2.05, 4.69) is 34.5 Å². The second-order valence-electron chi connectivity index (χ2n) is 6.32. The van der Waals surface area contributed by atoms with Crippen molar-refractivity contribution < 1.29 is 9.84 Å². The molecule has 0 bridgehead atoms. The number of hydrogen-bond donors (Lipinski definition) is 1. The molecule has 1 aromatic heterocycles. The quantitative estimate of drug-likeness (QED) is 0.746. The Balaban J connectivity index is 1.43. The third-order valence-electron chi connectivity index (χ3n) is 4.37. The van der Waals surface area contributed by atoms with Crippen LogP contribution in [-0.4, -0.2) is 47.4 Å². The third kappa shape index (κ3) is 5.38. The summed E-state index contributed by atoms with van der Waals surface area (Å²) in [5, 5.41) is 12.2. The maximum Gasteiger partial charge on any atom is 0.0972 e. The van der Waals surface area contributed by atoms with Crippen LogP contribution in [0.25, 0.3) is 0 Å². The Morgan fingerprint density at radius 3 is 2.75 bits per heavy atom. The summed E-state index contributed by atoms with van der Waals surface area (Å²) >= 11 is 1.76. The van der Waals surface area contributed by atoms with Gasteiger partial charge in [0.1, 0.15) is 0 Å². The first-order valence-electron chi connectivity index (χ1n) is 8.75. The average molecular weight is 346 g/mol. The molecule has 5 heteroatoms. The standard InChI is InChI=1S/C19H26N2O2S/c22-11-4-12-23-18-7-9-21(10-8-18)14-17-15-24-19(20-17)13-16-5-2-1-3-6-16/h1-3,5-6,15,18,22H,4,7-14H2. The van der Waals surface area contributed by atoms with E-state index in [4.69, 9.17) is 14.8 Å². The molecular formula is C19H26N2O2S. The highest BCUT2D eigenvalue weighted by atomic mass is 32.1. The van der Waals surface area contributed by atoms with E-state index in [1.807, 2.05) is 6.07 Å². The van der Waals surface area contributed by atoms with Crippen LogP contribution < -0.4 is 0 Å². The molecule has 24 heavy (non-hydrogen) atoms. The van der Waals surface area contributed by atoms with Gasteiger partial charge >= 0.3 is 0 Å². The van der Waals surface area contributed by atoms with Crippen molar-refractivity contribution in [2.75, 3.05) is 26.3 Å². The molecule has 2 aromatic rings. The first-order chi connectivity index (χ1) is 11.8. The van der Waals surface area contributed by atoms with Crippen LogP contribution in [-0.2, 0) is 17.7 Å². The summed E-state index contributed by atoms with van der Waals surface area (Å²) in [7, 11) is 0. The van der Waals surface area contributed by atoms with Gasteiger partial charge in [-0.1, -0.05) is 30.3 Å². The second kappa shape index (κ2) is 9.28. The summed E-state index contributed by atoms with van der Waals surface area (Å²) < 4.78 is 5.79. The maximum atomic E-state index is 8.80. The van der Waals surface area contributed by atoms with Gasteiger partial charge in [-0.3, -0.25) is 4.90 Å². The molecule has 1 aliphatic heterocycles. The van der Waals surface area contributed by atoms with Crippen LogP contribution in [0.1, 0.15) is 35.5 Å². The lowest BCUT2D eigenvalue weighted by Crippen LogP contribution is -2.36. The van der Waals surface area contributed by atoms with E-state index in [1.54, 1.807) is 11.3 Å². The van der Waals surface area contributed by atoms with Crippen molar-refractivity contribution in [3.05, 3.63) is 52.0 Å². The lowest BCUT2D eigenvalue weighted by molar-refractivity contribution is 0.000599. The smallest absolute Gasteiger partial charge is 0.0972 e. The zero-order valence-electron chi connectivity index (χ0n) is 14.1. The first kappa shape index (κ1) is 17.5. The highest BCUT2D eigenvalue weighted by molar-refractivity contribution is 7.09. The third-order valence-corrected chi connectivity index (χ3v) is 5.27. The van der Waals surface area contributed by atoms with Gasteiger partial charge in [-0.2, -0.15) is 0 Å². The first-order valence-corrected chi connectivity index (χ1v) is 9.63. The zero-order chi connectivity index (χ0) is 16.6. The molecule has 0 saturated carbocycles. The van der Waals surface area contributed by atoms with Gasteiger partial charge in [0.15, 0.2) is 0 Å². The highest BCUT2D eigenvalue weighted by Gasteiger charge is 2.20. The summed E-state index contributed by atoms with van der Waals surface area (Å²) in [6.45, 7) is 3.96. The Bertz CT molecular complexity index is 594. The van der Waals surface area contributed by atoms with E-state index >= 15 is 0 Å². The molecule has 1 fully saturated rings. The molecule has 0 atom stereocenters. The topological polar surface area (TPSA) is 45.6 Å². The van der Waals surface area contributed by atoms with Gasteiger partial charge in [-0.25, -0.2) is 4.98 Å². The SMILES string of the molecule is OCCCOC1CCN(Cc2csc(Cc3ccccc3)n2)CC1. The van der Waals surface area contributed by atoms with Crippen molar-refractivity contribution in [2.24, 2.45) is 0 Å². The minimum Gasteiger partial charge on any atom is -0.396 e. The van der Waals surface area contributed by atoms with Gasteiger partial charge in [0, 0.05) is 44.6 Å². The van der Waals surface area contributed by atoms with Gasteiger partial charge in [-0.15, -0.1) is 11.3 Å². The van der Waals surface area contributed by atoms with E-state index in [-0.39, 0.29) is 6.61 Å². The largest absolute Gasteiger partial charge is 0.396 e. The minimum absolute atomic E-state index is 0.216. The van der Waals surface area contributed by atoms with Crippen molar-refractivity contribution in [1.82, 2.24) is 9.88 Å². The number of nitrogens with zero attached hydrogens (tertiary/aromatic N) is 2. The average Bonchev–Trinajstić information content (AvgIpc) is 3.04. The predicted molar refractivity (Wildman–Crippen MR) is 97.3 cm³/mol. The predicted octanol–water partition coefficient (Wildman–Crippen LogP) is 3.10. The van der Waals surface area contributed by atoms with Crippen LogP contribution in [0.4, 0.5) is 0 Å². The molecule has 0 radical (unpaired) electrons. The molecule has 1 N–H and O–H groups in total. The second-order valence-corrected chi connectivity index (χ2v) is 7.26. The molecule has 1 aliphatic rings. The molecule has 0 amide bonds. The Labute approximate surface area is 148 Å². The Morgan fingerprint density at radius 2 is 2.00 bits per heavy atom. The fraction of sp³-hybridized carbons (Fsp3) is 0.526. The number of aliphatic hydroxyl groups is 1. The lowest BCUT2D eigenvalue weighted by Gasteiger charge is -2.31. The van der Waals surface area contributed by atoms with Crippen molar-refractivity contribution in [3.8, 4) is 0 Å². The number of piperidine rings is 1. The van der Waals surface area contributed by atoms with Crippen molar-refractivity contribution >= 4 is 11.3 Å². The molecule has 130 valence electrons. The molecule has 0 aliphatic carbocycles. The van der Waals surface area contributed by atoms with Gasteiger partial charge < -0.3 is 9.84 Å². The van der Waals surface area contributed by atoms with E-state index in [0.717, 1.165) is 45.3 Å². The minimum atomic E-state index is 0.216. The summed E-state index contributed by atoms with van der Waals surface area (Å²) in [5.74, 6) is 0. The van der Waals surface area contributed by atoms with E-state index in [9.17, 15) is 0 Å². The number of likely N-dealkylation sites (tertiary alicyclic amines) is 1. The molecule has 0 unspecified atom stereocenters. The molecule has 2 heterocycles. The summed E-state index contributed by atoms with van der Waals surface area (Å²) in [4.78, 5) is 7.26. The molecule has 1 saturated heterocycles. The number of rotatable bonds is 8. The van der Waals surface area contributed by atoms with Crippen molar-refractivity contribution in [1.29, 1.82) is 0 Å². The fourth-order valence-electron chi connectivity index (χ4n) is 3.05. The Morgan fingerprint density at radius 1 is 1.21 bits per heavy atom. The van der Waals surface area contributed by atoms with E-state index < -0.39 is 0 Å². The monoisotopic (exact) mass is 346 g/mol. The van der Waals surface area contributed by atoms with Crippen LogP contribution in [0.5, 0.6) is 0 Å². The number of aromatic nitrogens is 1. The molecule has 3 rings (SSSR count). The lowest BCUT2D eigenvalue weighted by atomic mass is 10.1. The van der Waals surface area contributed by atoms with Crippen LogP contribution in [0.2, 0.25) is 0 Å². The number of benzene rings is 1. The number of hydrogen-bond acceptors (Lipinski definition) is 5. The van der Waals surface area contributed by atoms with E-state index in [1.165, 1.54) is 16.3 Å². The van der Waals surface area contributed by atoms with Crippen LogP contribution in [0.15, 0.2) is 35.7 Å². The van der Waals surface area contributed by atoms with Crippen LogP contribution in [0, 0.1) is 0 Å². The number of ether oxygens (including phenoxy) is 1. The van der Waals surface area contributed by atoms with Gasteiger partial charge in [0.25, 0.3) is 0 Å². The molecular weight excluding hydrogens is 320 g/mol. The summed E-state index contributed by atoms with van der Waals surface area (Å²) in [6.07, 6.45) is 4.17. The summed E-state index contributed by atoms with van der Waals surface area (Å²) in [5.41, 5.74) is 2.50. The Kier molecular flexibility index (Phi) is 6.78. The molecule has 4 nitrogen and oxygen atoms in total. The number of thiazole rings is 1. The van der Waals surface area contributed by atoms with Crippen molar-refractivity contribution in [2.45, 2.75) is 38.3 Å². The molecule has 0 spiro atoms. The normalized spacial score (nSPS) is 16.5. The summed E-state index contributed by atoms with van der Waals surface area (Å²) in [6, 6.07) is 10.5. The van der Waals surface area contributed by atoms with Gasteiger partial charge in [0.05, 0.1) is 16.8 Å². The van der Waals surface area contributed by atoms with Crippen molar-refractivity contribution in [3.63, 3.8) is 0 Å². The van der Waals surface area contributed by atoms with Gasteiger partial charge in [-0.05, 0) is 24.8 Å². The number of aliphatic hydroxyl groups excluding tert-OH is 1. The van der Waals surface area contributed by atoms with Gasteiger partial charge in [0.2, 0.25) is 0 Å². The zero-order valence-corrected chi connectivity index (χ0v) is 14.9. The van der Waals surface area contributed by atoms with E-state index in [0.29, 0.717) is 12.7 Å². The molecule has 1 aromatic carbocycles. The van der Waals surface area contributed by atoms with Crippen LogP contribution in [0.3, 0.4) is 0 Å².